The van der Waals surface area contributed by atoms with Crippen LogP contribution in [0.25, 0.3) is 0 Å². The fraction of sp³-hybridized carbons (Fsp3) is 0. The number of hydrogen-bond acceptors (Lipinski definition) is 3. The summed E-state index contributed by atoms with van der Waals surface area (Å²) in [4.78, 5) is 14.1. The van der Waals surface area contributed by atoms with Crippen molar-refractivity contribution in [2.24, 2.45) is 0 Å². The molecule has 0 spiro atoms. The van der Waals surface area contributed by atoms with Gasteiger partial charge >= 0.3 is 5.97 Å². The number of carboxylic acid groups (broad SMARTS) is 1. The average Bonchev–Trinajstić information content (AvgIpc) is 2.34. The fourth-order valence-electron chi connectivity index (χ4n) is 1.25. The van der Waals surface area contributed by atoms with Gasteiger partial charge in [0.2, 0.25) is 0 Å². The molecule has 0 unspecified atom stereocenters. The normalized spacial score (nSPS) is 10.1. The van der Waals surface area contributed by atoms with Gasteiger partial charge in [0.1, 0.15) is 17.3 Å². The third kappa shape index (κ3) is 2.60. The second-order valence-corrected chi connectivity index (χ2v) is 3.36. The van der Waals surface area contributed by atoms with Crippen molar-refractivity contribution in [3.8, 4) is 11.5 Å². The van der Waals surface area contributed by atoms with Gasteiger partial charge in [-0.2, -0.15) is 0 Å². The Morgan fingerprint density at radius 2 is 2.00 bits per heavy atom. The van der Waals surface area contributed by atoms with E-state index < -0.39 is 17.6 Å². The van der Waals surface area contributed by atoms with Crippen LogP contribution in [0.4, 0.5) is 8.78 Å². The molecule has 18 heavy (non-hydrogen) atoms. The highest BCUT2D eigenvalue weighted by atomic mass is 19.1. The molecule has 1 aromatic carbocycles. The number of rotatable bonds is 3. The molecule has 0 aliphatic rings. The minimum atomic E-state index is -1.18. The number of aromatic carboxylic acids is 1. The number of hydrogen-bond donors (Lipinski definition) is 1. The Hall–Kier alpha value is -2.50. The Morgan fingerprint density at radius 1 is 1.22 bits per heavy atom. The van der Waals surface area contributed by atoms with Crippen LogP contribution in [-0.2, 0) is 0 Å². The molecular formula is C12H7F2NO3. The van der Waals surface area contributed by atoms with Gasteiger partial charge in [-0.1, -0.05) is 0 Å². The zero-order valence-electron chi connectivity index (χ0n) is 8.93. The lowest BCUT2D eigenvalue weighted by Crippen LogP contribution is -1.99. The van der Waals surface area contributed by atoms with Crippen LogP contribution in [0.3, 0.4) is 0 Å². The van der Waals surface area contributed by atoms with E-state index in [4.69, 9.17) is 9.84 Å². The second kappa shape index (κ2) is 4.79. The van der Waals surface area contributed by atoms with E-state index in [0.717, 1.165) is 24.4 Å². The number of carboxylic acids is 1. The van der Waals surface area contributed by atoms with E-state index in [1.807, 2.05) is 0 Å². The molecule has 1 heterocycles. The largest absolute Gasteiger partial charge is 0.477 e. The first-order valence-electron chi connectivity index (χ1n) is 4.88. The van der Waals surface area contributed by atoms with Gasteiger partial charge in [0.05, 0.1) is 6.20 Å². The van der Waals surface area contributed by atoms with Crippen LogP contribution in [-0.4, -0.2) is 16.1 Å². The minimum Gasteiger partial charge on any atom is -0.477 e. The topological polar surface area (TPSA) is 59.4 Å². The number of halogens is 2. The molecule has 6 heteroatoms. The van der Waals surface area contributed by atoms with Gasteiger partial charge in [-0.25, -0.2) is 18.6 Å². The monoisotopic (exact) mass is 251 g/mol. The highest BCUT2D eigenvalue weighted by Gasteiger charge is 2.08. The van der Waals surface area contributed by atoms with Gasteiger partial charge in [-0.05, 0) is 24.3 Å². The summed E-state index contributed by atoms with van der Waals surface area (Å²) >= 11 is 0. The first kappa shape index (κ1) is 12.0. The maximum Gasteiger partial charge on any atom is 0.354 e. The van der Waals surface area contributed by atoms with E-state index in [-0.39, 0.29) is 17.2 Å². The number of carbonyl (C=O) groups is 1. The molecule has 0 aliphatic heterocycles. The molecular weight excluding hydrogens is 244 g/mol. The number of benzene rings is 1. The second-order valence-electron chi connectivity index (χ2n) is 3.36. The molecule has 4 nitrogen and oxygen atoms in total. The highest BCUT2D eigenvalue weighted by molar-refractivity contribution is 5.85. The van der Waals surface area contributed by atoms with Crippen LogP contribution >= 0.6 is 0 Å². The van der Waals surface area contributed by atoms with E-state index in [9.17, 15) is 13.6 Å². The van der Waals surface area contributed by atoms with E-state index in [0.29, 0.717) is 0 Å². The van der Waals surface area contributed by atoms with Crippen molar-refractivity contribution in [1.82, 2.24) is 4.98 Å². The molecule has 0 radical (unpaired) electrons. The first-order valence-corrected chi connectivity index (χ1v) is 4.88. The molecule has 1 N–H and O–H groups in total. The summed E-state index contributed by atoms with van der Waals surface area (Å²) in [7, 11) is 0. The summed E-state index contributed by atoms with van der Waals surface area (Å²) in [6.07, 6.45) is 1.12. The predicted molar refractivity (Wildman–Crippen MR) is 57.6 cm³/mol. The number of nitrogens with zero attached hydrogens (tertiary/aromatic N) is 1. The first-order chi connectivity index (χ1) is 8.56. The lowest BCUT2D eigenvalue weighted by molar-refractivity contribution is 0.0690. The van der Waals surface area contributed by atoms with Gasteiger partial charge in [0.15, 0.2) is 11.6 Å². The Kier molecular flexibility index (Phi) is 3.18. The Balaban J connectivity index is 2.23. The van der Waals surface area contributed by atoms with Gasteiger partial charge < -0.3 is 9.84 Å². The van der Waals surface area contributed by atoms with E-state index in [1.54, 1.807) is 0 Å². The summed E-state index contributed by atoms with van der Waals surface area (Å²) in [5.74, 6) is -2.72. The van der Waals surface area contributed by atoms with Gasteiger partial charge in [-0.15, -0.1) is 0 Å². The standard InChI is InChI=1S/C12H7F2NO3/c13-7-1-3-9(14)11(5-7)18-8-2-4-10(12(16)17)15-6-8/h1-6H,(H,16,17). The number of ether oxygens (including phenoxy) is 1. The lowest BCUT2D eigenvalue weighted by atomic mass is 10.3. The third-order valence-electron chi connectivity index (χ3n) is 2.08. The molecule has 0 aliphatic carbocycles. The van der Waals surface area contributed by atoms with E-state index in [2.05, 4.69) is 4.98 Å². The molecule has 2 rings (SSSR count). The molecule has 0 saturated heterocycles. The Labute approximate surface area is 100 Å². The van der Waals surface area contributed by atoms with Crippen molar-refractivity contribution < 1.29 is 23.4 Å². The molecule has 0 bridgehead atoms. The molecule has 0 fully saturated rings. The summed E-state index contributed by atoms with van der Waals surface area (Å²) < 4.78 is 31.2. The predicted octanol–water partition coefficient (Wildman–Crippen LogP) is 2.85. The molecule has 92 valence electrons. The molecule has 0 atom stereocenters. The average molecular weight is 251 g/mol. The Morgan fingerprint density at radius 3 is 2.61 bits per heavy atom. The SMILES string of the molecule is O=C(O)c1ccc(Oc2cc(F)ccc2F)cn1. The van der Waals surface area contributed by atoms with E-state index >= 15 is 0 Å². The quantitative estimate of drug-likeness (QED) is 0.911. The third-order valence-corrected chi connectivity index (χ3v) is 2.08. The maximum absolute atomic E-state index is 13.3. The van der Waals surface area contributed by atoms with Gasteiger partial charge in [0.25, 0.3) is 0 Å². The molecule has 1 aromatic heterocycles. The summed E-state index contributed by atoms with van der Waals surface area (Å²) in [5.41, 5.74) is -0.165. The molecule has 2 aromatic rings. The van der Waals surface area contributed by atoms with Crippen LogP contribution in [0.2, 0.25) is 0 Å². The molecule has 0 saturated carbocycles. The van der Waals surface area contributed by atoms with Crippen molar-refractivity contribution in [3.63, 3.8) is 0 Å². The van der Waals surface area contributed by atoms with Gasteiger partial charge in [-0.3, -0.25) is 0 Å². The summed E-state index contributed by atoms with van der Waals surface area (Å²) in [6.45, 7) is 0. The van der Waals surface area contributed by atoms with Crippen molar-refractivity contribution in [1.29, 1.82) is 0 Å². The van der Waals surface area contributed by atoms with Crippen LogP contribution in [0.15, 0.2) is 36.5 Å². The van der Waals surface area contributed by atoms with E-state index in [1.165, 1.54) is 12.1 Å². The maximum atomic E-state index is 13.3. The highest BCUT2D eigenvalue weighted by Crippen LogP contribution is 2.24. The van der Waals surface area contributed by atoms with Crippen LogP contribution in [0.1, 0.15) is 10.5 Å². The van der Waals surface area contributed by atoms with Crippen LogP contribution < -0.4 is 4.74 Å². The van der Waals surface area contributed by atoms with Crippen molar-refractivity contribution in [3.05, 3.63) is 53.9 Å². The van der Waals surface area contributed by atoms with Crippen molar-refractivity contribution in [2.45, 2.75) is 0 Å². The summed E-state index contributed by atoms with van der Waals surface area (Å²) in [5, 5.41) is 8.63. The number of aromatic nitrogens is 1. The van der Waals surface area contributed by atoms with Crippen LogP contribution in [0, 0.1) is 11.6 Å². The zero-order valence-corrected chi connectivity index (χ0v) is 8.93. The van der Waals surface area contributed by atoms with Crippen molar-refractivity contribution in [2.75, 3.05) is 0 Å². The Bertz CT molecular complexity index is 584. The number of pyridine rings is 1. The van der Waals surface area contributed by atoms with Crippen LogP contribution in [0.5, 0.6) is 11.5 Å². The fourth-order valence-corrected chi connectivity index (χ4v) is 1.25. The molecule has 0 amide bonds. The summed E-state index contributed by atoms with van der Waals surface area (Å²) in [6, 6.07) is 5.30. The lowest BCUT2D eigenvalue weighted by Gasteiger charge is -2.06. The smallest absolute Gasteiger partial charge is 0.354 e. The van der Waals surface area contributed by atoms with Gasteiger partial charge in [0, 0.05) is 6.07 Å². The van der Waals surface area contributed by atoms with Crippen molar-refractivity contribution >= 4 is 5.97 Å². The minimum absolute atomic E-state index is 0.115. The zero-order chi connectivity index (χ0) is 13.1.